The summed E-state index contributed by atoms with van der Waals surface area (Å²) in [6.07, 6.45) is 0.890. The average Bonchev–Trinajstić information content (AvgIpc) is 2.47. The minimum absolute atomic E-state index is 0.131. The highest BCUT2D eigenvalue weighted by atomic mass is 32.2. The topological polar surface area (TPSA) is 116 Å². The Balaban J connectivity index is 2.21. The molecule has 1 aromatic rings. The molecule has 1 heterocycles. The summed E-state index contributed by atoms with van der Waals surface area (Å²) in [5.41, 5.74) is 11.3. The van der Waals surface area contributed by atoms with Gasteiger partial charge < -0.3 is 16.2 Å². The van der Waals surface area contributed by atoms with E-state index in [1.54, 1.807) is 0 Å². The number of hydrogen-bond donors (Lipinski definition) is 2. The molecule has 2 rings (SSSR count). The average molecular weight is 313 g/mol. The first kappa shape index (κ1) is 15.6. The van der Waals surface area contributed by atoms with Crippen LogP contribution in [-0.4, -0.2) is 38.8 Å². The minimum Gasteiger partial charge on any atom is -0.495 e. The van der Waals surface area contributed by atoms with E-state index in [4.69, 9.17) is 16.2 Å². The van der Waals surface area contributed by atoms with E-state index in [0.717, 1.165) is 0 Å². The second-order valence-corrected chi connectivity index (χ2v) is 6.92. The summed E-state index contributed by atoms with van der Waals surface area (Å²) in [4.78, 5) is 11.3. The number of ether oxygens (including phenoxy) is 1. The fourth-order valence-electron chi connectivity index (χ4n) is 2.38. The minimum atomic E-state index is -3.61. The smallest absolute Gasteiger partial charge is 0.243 e. The monoisotopic (exact) mass is 313 g/mol. The van der Waals surface area contributed by atoms with E-state index in [1.807, 2.05) is 0 Å². The molecule has 0 unspecified atom stereocenters. The van der Waals surface area contributed by atoms with Gasteiger partial charge in [0.25, 0.3) is 0 Å². The lowest BCUT2D eigenvalue weighted by Crippen LogP contribution is -2.41. The molecule has 1 aliphatic rings. The van der Waals surface area contributed by atoms with E-state index in [2.05, 4.69) is 0 Å². The molecule has 116 valence electrons. The molecule has 1 aliphatic heterocycles. The number of piperidine rings is 1. The van der Waals surface area contributed by atoms with Crippen LogP contribution in [0, 0.1) is 5.92 Å². The van der Waals surface area contributed by atoms with Crippen molar-refractivity contribution in [3.8, 4) is 5.75 Å². The van der Waals surface area contributed by atoms with Crippen molar-refractivity contribution in [3.05, 3.63) is 18.2 Å². The lowest BCUT2D eigenvalue weighted by Gasteiger charge is -2.29. The molecule has 0 radical (unpaired) electrons. The first-order chi connectivity index (χ1) is 9.86. The van der Waals surface area contributed by atoms with Gasteiger partial charge in [-0.25, -0.2) is 8.42 Å². The van der Waals surface area contributed by atoms with E-state index in [1.165, 1.54) is 29.6 Å². The van der Waals surface area contributed by atoms with Crippen molar-refractivity contribution in [1.82, 2.24) is 4.31 Å². The van der Waals surface area contributed by atoms with Crippen molar-refractivity contribution in [2.75, 3.05) is 25.9 Å². The summed E-state index contributed by atoms with van der Waals surface area (Å²) in [5, 5.41) is 0. The fourth-order valence-corrected chi connectivity index (χ4v) is 3.87. The van der Waals surface area contributed by atoms with Crippen LogP contribution in [0.25, 0.3) is 0 Å². The molecule has 21 heavy (non-hydrogen) atoms. The van der Waals surface area contributed by atoms with Crippen LogP contribution in [0.5, 0.6) is 5.75 Å². The Morgan fingerprint density at radius 3 is 2.48 bits per heavy atom. The molecular weight excluding hydrogens is 294 g/mol. The highest BCUT2D eigenvalue weighted by molar-refractivity contribution is 7.89. The summed E-state index contributed by atoms with van der Waals surface area (Å²) in [7, 11) is -2.18. The number of rotatable bonds is 4. The van der Waals surface area contributed by atoms with Gasteiger partial charge in [0.15, 0.2) is 0 Å². The zero-order valence-electron chi connectivity index (χ0n) is 11.8. The third-order valence-electron chi connectivity index (χ3n) is 3.70. The quantitative estimate of drug-likeness (QED) is 0.768. The number of methoxy groups -OCH3 is 1. The molecule has 8 heteroatoms. The Bertz CT molecular complexity index is 637. The predicted molar refractivity (Wildman–Crippen MR) is 78.1 cm³/mol. The number of carbonyl (C=O) groups is 1. The standard InChI is InChI=1S/C13H19N3O4S/c1-20-12-8-10(2-3-11(12)14)21(18,19)16-6-4-9(5-7-16)13(15)17/h2-3,8-9H,4-7,14H2,1H3,(H2,15,17). The fraction of sp³-hybridized carbons (Fsp3) is 0.462. The van der Waals surface area contributed by atoms with E-state index in [0.29, 0.717) is 24.3 Å². The van der Waals surface area contributed by atoms with Gasteiger partial charge in [-0.05, 0) is 25.0 Å². The van der Waals surface area contributed by atoms with E-state index >= 15 is 0 Å². The first-order valence-corrected chi connectivity index (χ1v) is 8.03. The van der Waals surface area contributed by atoms with Crippen LogP contribution in [0.2, 0.25) is 0 Å². The predicted octanol–water partition coefficient (Wildman–Crippen LogP) is 0.163. The number of hydrogen-bond acceptors (Lipinski definition) is 5. The Labute approximate surface area is 123 Å². The number of anilines is 1. The number of nitrogens with two attached hydrogens (primary N) is 2. The van der Waals surface area contributed by atoms with Gasteiger partial charge in [-0.3, -0.25) is 4.79 Å². The van der Waals surface area contributed by atoms with Crippen LogP contribution in [0.15, 0.2) is 23.1 Å². The summed E-state index contributed by atoms with van der Waals surface area (Å²) in [6, 6.07) is 4.36. The molecule has 4 N–H and O–H groups in total. The largest absolute Gasteiger partial charge is 0.495 e. The Morgan fingerprint density at radius 1 is 1.33 bits per heavy atom. The second-order valence-electron chi connectivity index (χ2n) is 4.98. The molecule has 0 aliphatic carbocycles. The number of nitrogen functional groups attached to an aromatic ring is 1. The number of sulfonamides is 1. The van der Waals surface area contributed by atoms with Gasteiger partial charge in [0.1, 0.15) is 5.75 Å². The lowest BCUT2D eigenvalue weighted by atomic mass is 9.98. The number of amides is 1. The molecule has 1 fully saturated rings. The van der Waals surface area contributed by atoms with Gasteiger partial charge in [0.2, 0.25) is 15.9 Å². The Hall–Kier alpha value is -1.80. The van der Waals surface area contributed by atoms with Crippen molar-refractivity contribution in [1.29, 1.82) is 0 Å². The molecule has 7 nitrogen and oxygen atoms in total. The number of carbonyl (C=O) groups excluding carboxylic acids is 1. The van der Waals surface area contributed by atoms with Crippen molar-refractivity contribution in [2.24, 2.45) is 11.7 Å². The van der Waals surface area contributed by atoms with Gasteiger partial charge in [-0.15, -0.1) is 0 Å². The first-order valence-electron chi connectivity index (χ1n) is 6.59. The molecular formula is C13H19N3O4S. The highest BCUT2D eigenvalue weighted by Gasteiger charge is 2.31. The number of primary amides is 1. The summed E-state index contributed by atoms with van der Waals surface area (Å²) >= 11 is 0. The third-order valence-corrected chi connectivity index (χ3v) is 5.59. The number of nitrogens with zero attached hydrogens (tertiary/aromatic N) is 1. The highest BCUT2D eigenvalue weighted by Crippen LogP contribution is 2.28. The zero-order valence-corrected chi connectivity index (χ0v) is 12.6. The SMILES string of the molecule is COc1cc(S(=O)(=O)N2CCC(C(N)=O)CC2)ccc1N. The van der Waals surface area contributed by atoms with Crippen molar-refractivity contribution < 1.29 is 17.9 Å². The molecule has 0 atom stereocenters. The van der Waals surface area contributed by atoms with E-state index in [9.17, 15) is 13.2 Å². The molecule has 0 bridgehead atoms. The third kappa shape index (κ3) is 3.11. The van der Waals surface area contributed by atoms with Gasteiger partial charge in [-0.1, -0.05) is 0 Å². The molecule has 1 amide bonds. The Kier molecular flexibility index (Phi) is 4.38. The van der Waals surface area contributed by atoms with Crippen LogP contribution < -0.4 is 16.2 Å². The van der Waals surface area contributed by atoms with Crippen LogP contribution in [-0.2, 0) is 14.8 Å². The van der Waals surface area contributed by atoms with E-state index < -0.39 is 10.0 Å². The van der Waals surface area contributed by atoms with Crippen LogP contribution in [0.4, 0.5) is 5.69 Å². The normalized spacial score (nSPS) is 17.6. The molecule has 0 spiro atoms. The van der Waals surface area contributed by atoms with E-state index in [-0.39, 0.29) is 29.8 Å². The van der Waals surface area contributed by atoms with Gasteiger partial charge >= 0.3 is 0 Å². The van der Waals surface area contributed by atoms with Gasteiger partial charge in [0.05, 0.1) is 17.7 Å². The van der Waals surface area contributed by atoms with Crippen molar-refractivity contribution in [2.45, 2.75) is 17.7 Å². The summed E-state index contributed by atoms with van der Waals surface area (Å²) < 4.78 is 31.5. The molecule has 0 aromatic heterocycles. The van der Waals surface area contributed by atoms with Crippen LogP contribution in [0.3, 0.4) is 0 Å². The van der Waals surface area contributed by atoms with Crippen LogP contribution >= 0.6 is 0 Å². The summed E-state index contributed by atoms with van der Waals surface area (Å²) in [5.74, 6) is -0.304. The summed E-state index contributed by atoms with van der Waals surface area (Å²) in [6.45, 7) is 0.561. The maximum Gasteiger partial charge on any atom is 0.243 e. The van der Waals surface area contributed by atoms with Gasteiger partial charge in [0, 0.05) is 25.1 Å². The Morgan fingerprint density at radius 2 is 1.95 bits per heavy atom. The van der Waals surface area contributed by atoms with Crippen molar-refractivity contribution >= 4 is 21.6 Å². The van der Waals surface area contributed by atoms with Crippen LogP contribution in [0.1, 0.15) is 12.8 Å². The second kappa shape index (κ2) is 5.90. The molecule has 0 saturated carbocycles. The van der Waals surface area contributed by atoms with Gasteiger partial charge in [-0.2, -0.15) is 4.31 Å². The molecule has 1 aromatic carbocycles. The zero-order chi connectivity index (χ0) is 15.6. The number of benzene rings is 1. The maximum absolute atomic E-state index is 12.6. The maximum atomic E-state index is 12.6. The lowest BCUT2D eigenvalue weighted by molar-refractivity contribution is -0.122. The van der Waals surface area contributed by atoms with Crippen molar-refractivity contribution in [3.63, 3.8) is 0 Å². The molecule has 1 saturated heterocycles.